The van der Waals surface area contributed by atoms with Gasteiger partial charge in [0.15, 0.2) is 0 Å². The molecule has 1 aliphatic rings. The number of thiazole rings is 1. The summed E-state index contributed by atoms with van der Waals surface area (Å²) in [4.78, 5) is 30.2. The van der Waals surface area contributed by atoms with E-state index in [4.69, 9.17) is 9.47 Å². The standard InChI is InChI=1S/C29H43NO6S/c1-4-6-8-11-14-22-18-23-20-37-28(30-23)21(3)25(32)19-24(31)15-12-9-13-17-27(36-29(22)34)35-26(33)16-10-7-5-2/h9,12-13,15,18,20-21,24-25,27,31-32H,4-8,10-11,14,16-17,19H2,1-3H3/b13-9-,15-12-,22-18-/t21-,24-,25+,27+/m0/s1. The number of unbranched alkanes of at least 4 members (excludes halogenated alkanes) is 5. The number of hydrogen-bond acceptors (Lipinski definition) is 8. The third-order valence-corrected chi connectivity index (χ3v) is 7.33. The highest BCUT2D eigenvalue weighted by Crippen LogP contribution is 2.27. The molecule has 0 aromatic carbocycles. The number of rotatable bonds is 10. The molecule has 2 heterocycles. The van der Waals surface area contributed by atoms with Gasteiger partial charge >= 0.3 is 11.9 Å². The quantitative estimate of drug-likeness (QED) is 0.272. The van der Waals surface area contributed by atoms with E-state index in [0.29, 0.717) is 17.7 Å². The van der Waals surface area contributed by atoms with E-state index in [0.717, 1.165) is 50.0 Å². The van der Waals surface area contributed by atoms with Gasteiger partial charge in [-0.3, -0.25) is 4.79 Å². The lowest BCUT2D eigenvalue weighted by Crippen LogP contribution is -2.25. The maximum Gasteiger partial charge on any atom is 0.337 e. The predicted molar refractivity (Wildman–Crippen MR) is 147 cm³/mol. The fraction of sp³-hybridized carbons (Fsp3) is 0.621. The third-order valence-electron chi connectivity index (χ3n) is 6.27. The lowest BCUT2D eigenvalue weighted by Gasteiger charge is -2.18. The number of ether oxygens (including phenoxy) is 2. The van der Waals surface area contributed by atoms with Crippen molar-refractivity contribution in [1.29, 1.82) is 0 Å². The molecule has 2 N–H and O–H groups in total. The molecule has 206 valence electrons. The zero-order chi connectivity index (χ0) is 27.0. The summed E-state index contributed by atoms with van der Waals surface area (Å²) >= 11 is 1.41. The van der Waals surface area contributed by atoms with E-state index < -0.39 is 30.4 Å². The van der Waals surface area contributed by atoms with E-state index in [1.165, 1.54) is 11.3 Å². The van der Waals surface area contributed by atoms with Crippen LogP contribution in [0.1, 0.15) is 108 Å². The molecule has 0 radical (unpaired) electrons. The minimum absolute atomic E-state index is 0.179. The molecule has 0 aliphatic carbocycles. The van der Waals surface area contributed by atoms with Crippen molar-refractivity contribution in [3.8, 4) is 0 Å². The van der Waals surface area contributed by atoms with E-state index in [2.05, 4.69) is 18.8 Å². The van der Waals surface area contributed by atoms with Crippen molar-refractivity contribution in [3.05, 3.63) is 46.0 Å². The van der Waals surface area contributed by atoms with Gasteiger partial charge in [0.05, 0.1) is 22.9 Å². The van der Waals surface area contributed by atoms with Crippen LogP contribution < -0.4 is 0 Å². The van der Waals surface area contributed by atoms with Gasteiger partial charge < -0.3 is 19.7 Å². The second kappa shape index (κ2) is 17.3. The summed E-state index contributed by atoms with van der Waals surface area (Å²) in [6, 6.07) is 0. The molecule has 37 heavy (non-hydrogen) atoms. The van der Waals surface area contributed by atoms with Gasteiger partial charge in [0, 0.05) is 36.1 Å². The number of esters is 2. The maximum absolute atomic E-state index is 13.2. The summed E-state index contributed by atoms with van der Waals surface area (Å²) in [5, 5.41) is 23.5. The van der Waals surface area contributed by atoms with Crippen LogP contribution in [0.5, 0.6) is 0 Å². The van der Waals surface area contributed by atoms with Gasteiger partial charge in [0.25, 0.3) is 6.29 Å². The Morgan fingerprint density at radius 3 is 2.65 bits per heavy atom. The summed E-state index contributed by atoms with van der Waals surface area (Å²) < 4.78 is 11.2. The van der Waals surface area contributed by atoms with Crippen LogP contribution >= 0.6 is 11.3 Å². The van der Waals surface area contributed by atoms with E-state index in [1.807, 2.05) is 12.3 Å². The first-order valence-electron chi connectivity index (χ1n) is 13.6. The molecule has 0 saturated carbocycles. The number of aliphatic hydroxyl groups excluding tert-OH is 2. The highest BCUT2D eigenvalue weighted by atomic mass is 32.1. The van der Waals surface area contributed by atoms with E-state index in [9.17, 15) is 19.8 Å². The molecule has 0 unspecified atom stereocenters. The zero-order valence-electron chi connectivity index (χ0n) is 22.4. The van der Waals surface area contributed by atoms with Crippen LogP contribution in [0.15, 0.2) is 35.3 Å². The van der Waals surface area contributed by atoms with Gasteiger partial charge in [-0.25, -0.2) is 9.78 Å². The summed E-state index contributed by atoms with van der Waals surface area (Å²) in [6.45, 7) is 6.07. The van der Waals surface area contributed by atoms with Crippen LogP contribution in [0.2, 0.25) is 0 Å². The number of fused-ring (bicyclic) bond motifs is 2. The van der Waals surface area contributed by atoms with Crippen molar-refractivity contribution in [2.24, 2.45) is 0 Å². The van der Waals surface area contributed by atoms with Crippen LogP contribution in [0.4, 0.5) is 0 Å². The first kappa shape index (κ1) is 30.9. The highest BCUT2D eigenvalue weighted by Gasteiger charge is 2.23. The Balaban J connectivity index is 2.31. The monoisotopic (exact) mass is 533 g/mol. The normalized spacial score (nSPS) is 26.4. The molecule has 2 rings (SSSR count). The van der Waals surface area contributed by atoms with Crippen molar-refractivity contribution in [2.75, 3.05) is 0 Å². The Hall–Kier alpha value is -2.29. The molecule has 1 aliphatic heterocycles. The second-order valence-electron chi connectivity index (χ2n) is 9.58. The number of carbonyl (C=O) groups excluding carboxylic acids is 2. The predicted octanol–water partition coefficient (Wildman–Crippen LogP) is 6.22. The second-order valence-corrected chi connectivity index (χ2v) is 10.5. The van der Waals surface area contributed by atoms with E-state index >= 15 is 0 Å². The van der Waals surface area contributed by atoms with Crippen LogP contribution in [0, 0.1) is 0 Å². The van der Waals surface area contributed by atoms with Crippen LogP contribution in [-0.2, 0) is 19.1 Å². The van der Waals surface area contributed by atoms with Gasteiger partial charge in [-0.1, -0.05) is 77.2 Å². The Morgan fingerprint density at radius 2 is 1.89 bits per heavy atom. The number of aliphatic hydroxyl groups is 2. The van der Waals surface area contributed by atoms with Crippen LogP contribution in [0.25, 0.3) is 6.08 Å². The molecule has 8 heteroatoms. The Kier molecular flexibility index (Phi) is 14.4. The first-order valence-corrected chi connectivity index (χ1v) is 14.5. The molecule has 4 atom stereocenters. The summed E-state index contributed by atoms with van der Waals surface area (Å²) in [5.41, 5.74) is 1.11. The molecular formula is C29H43NO6S. The van der Waals surface area contributed by atoms with E-state index in [-0.39, 0.29) is 25.2 Å². The average Bonchev–Trinajstić information content (AvgIpc) is 3.33. The van der Waals surface area contributed by atoms with Crippen LogP contribution in [0.3, 0.4) is 0 Å². The van der Waals surface area contributed by atoms with Crippen molar-refractivity contribution in [3.63, 3.8) is 0 Å². The number of cyclic esters (lactones) is 1. The minimum Gasteiger partial charge on any atom is -0.425 e. The molecule has 0 saturated heterocycles. The summed E-state index contributed by atoms with van der Waals surface area (Å²) in [6.07, 6.45) is 13.6. The van der Waals surface area contributed by atoms with Gasteiger partial charge in [0.2, 0.25) is 0 Å². The minimum atomic E-state index is -1.04. The number of carbonyl (C=O) groups is 2. The van der Waals surface area contributed by atoms with E-state index in [1.54, 1.807) is 30.4 Å². The average molecular weight is 534 g/mol. The zero-order valence-corrected chi connectivity index (χ0v) is 23.3. The maximum atomic E-state index is 13.2. The number of allylic oxidation sites excluding steroid dienone is 2. The summed E-state index contributed by atoms with van der Waals surface area (Å²) in [5.74, 6) is -1.18. The fourth-order valence-electron chi connectivity index (χ4n) is 3.93. The Morgan fingerprint density at radius 1 is 1.14 bits per heavy atom. The molecule has 2 bridgehead atoms. The molecule has 1 aromatic heterocycles. The van der Waals surface area contributed by atoms with Crippen molar-refractivity contribution < 1.29 is 29.3 Å². The number of aromatic nitrogens is 1. The number of nitrogens with zero attached hydrogens (tertiary/aromatic N) is 1. The topological polar surface area (TPSA) is 106 Å². The largest absolute Gasteiger partial charge is 0.425 e. The fourth-order valence-corrected chi connectivity index (χ4v) is 4.82. The van der Waals surface area contributed by atoms with Gasteiger partial charge in [-0.2, -0.15) is 0 Å². The molecule has 1 aromatic rings. The molecule has 7 nitrogen and oxygen atoms in total. The van der Waals surface area contributed by atoms with Crippen molar-refractivity contribution in [2.45, 2.75) is 116 Å². The van der Waals surface area contributed by atoms with Crippen molar-refractivity contribution in [1.82, 2.24) is 4.98 Å². The highest BCUT2D eigenvalue weighted by molar-refractivity contribution is 7.09. The third kappa shape index (κ3) is 11.8. The molecule has 0 amide bonds. The first-order chi connectivity index (χ1) is 17.8. The van der Waals surface area contributed by atoms with Crippen LogP contribution in [-0.4, -0.2) is 45.6 Å². The van der Waals surface area contributed by atoms with Crippen molar-refractivity contribution >= 4 is 29.4 Å². The van der Waals surface area contributed by atoms with Gasteiger partial charge in [-0.15, -0.1) is 11.3 Å². The molecular weight excluding hydrogens is 490 g/mol. The molecule has 0 fully saturated rings. The lowest BCUT2D eigenvalue weighted by atomic mass is 9.99. The van der Waals surface area contributed by atoms with Gasteiger partial charge in [-0.05, 0) is 25.3 Å². The number of hydrogen-bond donors (Lipinski definition) is 2. The Bertz CT molecular complexity index is 921. The van der Waals surface area contributed by atoms with Gasteiger partial charge in [0.1, 0.15) is 0 Å². The Labute approximate surface area is 225 Å². The smallest absolute Gasteiger partial charge is 0.337 e. The lowest BCUT2D eigenvalue weighted by molar-refractivity contribution is -0.184. The summed E-state index contributed by atoms with van der Waals surface area (Å²) in [7, 11) is 0. The molecule has 0 spiro atoms. The SMILES string of the molecule is CCCCCC/C1=C/c2csc(n2)[C@@H](C)[C@H](O)C[C@@H](O)/C=C\C=C/C[C@H](OC(=O)CCCCC)OC1=O.